The van der Waals surface area contributed by atoms with Crippen LogP contribution >= 0.6 is 0 Å². The smallest absolute Gasteiger partial charge is 0.548 e. The van der Waals surface area contributed by atoms with Crippen molar-refractivity contribution in [2.45, 2.75) is 52.1 Å². The molecule has 0 aliphatic rings. The van der Waals surface area contributed by atoms with Gasteiger partial charge >= 0.3 is 29.6 Å². The predicted octanol–water partition coefficient (Wildman–Crippen LogP) is -2.10. The molecule has 100 valence electrons. The van der Waals surface area contributed by atoms with Gasteiger partial charge in [-0.05, 0) is 26.2 Å². The van der Waals surface area contributed by atoms with Crippen molar-refractivity contribution in [1.82, 2.24) is 4.90 Å². The third-order valence-corrected chi connectivity index (χ3v) is 2.41. The van der Waals surface area contributed by atoms with Crippen LogP contribution in [-0.2, 0) is 9.59 Å². The van der Waals surface area contributed by atoms with Gasteiger partial charge in [0.15, 0.2) is 0 Å². The summed E-state index contributed by atoms with van der Waals surface area (Å²) in [6.07, 6.45) is 1.83. The summed E-state index contributed by atoms with van der Waals surface area (Å²) in [6.45, 7) is 3.43. The maximum Gasteiger partial charge on any atom is 1.00 e. The van der Waals surface area contributed by atoms with Gasteiger partial charge in [0.05, 0.1) is 18.7 Å². The number of aliphatic carboxylic acids is 1. The van der Waals surface area contributed by atoms with Gasteiger partial charge < -0.3 is 14.8 Å². The summed E-state index contributed by atoms with van der Waals surface area (Å²) in [4.78, 5) is 23.4. The van der Waals surface area contributed by atoms with E-state index in [1.807, 2.05) is 6.92 Å². The van der Waals surface area contributed by atoms with Crippen LogP contribution in [0.4, 0.5) is 4.39 Å². The molecule has 0 bridgehead atoms. The van der Waals surface area contributed by atoms with Crippen LogP contribution in [0.1, 0.15) is 46.0 Å². The van der Waals surface area contributed by atoms with Crippen molar-refractivity contribution in [2.24, 2.45) is 0 Å². The van der Waals surface area contributed by atoms with Crippen LogP contribution in [0.5, 0.6) is 0 Å². The number of hydrogen-bond donors (Lipinski definition) is 0. The summed E-state index contributed by atoms with van der Waals surface area (Å²) in [5, 5.41) is 10.5. The van der Waals surface area contributed by atoms with Gasteiger partial charge in [-0.2, -0.15) is 0 Å². The number of halogens is 1. The van der Waals surface area contributed by atoms with Crippen molar-refractivity contribution in [3.05, 3.63) is 0 Å². The van der Waals surface area contributed by atoms with E-state index in [0.29, 0.717) is 32.2 Å². The Morgan fingerprint density at radius 3 is 2.39 bits per heavy atom. The largest absolute Gasteiger partial charge is 1.00 e. The van der Waals surface area contributed by atoms with Gasteiger partial charge in [-0.25, -0.2) is 4.39 Å². The summed E-state index contributed by atoms with van der Waals surface area (Å²) in [5.41, 5.74) is 0. The van der Waals surface area contributed by atoms with Gasteiger partial charge in [0.1, 0.15) is 0 Å². The first-order chi connectivity index (χ1) is 7.97. The Morgan fingerprint density at radius 1 is 1.33 bits per heavy atom. The first-order valence-electron chi connectivity index (χ1n) is 6.09. The van der Waals surface area contributed by atoms with Crippen molar-refractivity contribution >= 4 is 11.9 Å². The molecule has 1 unspecified atom stereocenters. The third-order valence-electron chi connectivity index (χ3n) is 2.41. The number of rotatable bonds is 9. The molecule has 4 nitrogen and oxygen atoms in total. The average Bonchev–Trinajstić information content (AvgIpc) is 2.22. The molecule has 18 heavy (non-hydrogen) atoms. The molecule has 0 aromatic carbocycles. The third kappa shape index (κ3) is 11.0. The monoisotopic (exact) mass is 269 g/mol. The molecule has 0 radical (unpaired) electrons. The number of hydrogen-bond acceptors (Lipinski definition) is 3. The Bertz CT molecular complexity index is 249. The minimum Gasteiger partial charge on any atom is -0.548 e. The molecular formula is C12H21FNNaO3. The van der Waals surface area contributed by atoms with E-state index in [4.69, 9.17) is 0 Å². The summed E-state index contributed by atoms with van der Waals surface area (Å²) in [7, 11) is 0. The van der Waals surface area contributed by atoms with Gasteiger partial charge in [0, 0.05) is 13.0 Å². The number of amides is 1. The van der Waals surface area contributed by atoms with Crippen LogP contribution in [0.25, 0.3) is 0 Å². The first-order valence-corrected chi connectivity index (χ1v) is 6.09. The van der Waals surface area contributed by atoms with Crippen molar-refractivity contribution in [1.29, 1.82) is 0 Å². The number of carboxylic acids is 1. The van der Waals surface area contributed by atoms with Crippen LogP contribution in [0.3, 0.4) is 0 Å². The zero-order chi connectivity index (χ0) is 13.3. The van der Waals surface area contributed by atoms with Crippen molar-refractivity contribution in [3.63, 3.8) is 0 Å². The molecule has 0 saturated heterocycles. The summed E-state index contributed by atoms with van der Waals surface area (Å²) < 4.78 is 12.5. The fraction of sp³-hybridized carbons (Fsp3) is 0.833. The molecule has 0 aromatic rings. The number of carbonyl (C=O) groups is 2. The fourth-order valence-electron chi connectivity index (χ4n) is 1.58. The van der Waals surface area contributed by atoms with Crippen LogP contribution < -0.4 is 34.7 Å². The normalized spacial score (nSPS) is 11.5. The minimum absolute atomic E-state index is 0. The molecule has 0 fully saturated rings. The molecule has 0 spiro atoms. The van der Waals surface area contributed by atoms with E-state index in [2.05, 4.69) is 0 Å². The predicted molar refractivity (Wildman–Crippen MR) is 60.9 cm³/mol. The Hall–Kier alpha value is -0.130. The fourth-order valence-corrected chi connectivity index (χ4v) is 1.58. The number of carbonyl (C=O) groups excluding carboxylic acids is 2. The summed E-state index contributed by atoms with van der Waals surface area (Å²) in [5.74, 6) is -1.44. The summed E-state index contributed by atoms with van der Waals surface area (Å²) in [6, 6.07) is 0. The van der Waals surface area contributed by atoms with E-state index >= 15 is 0 Å². The molecule has 0 N–H and O–H groups in total. The SMILES string of the molecule is CCCN(CC(=O)[O-])C(=O)CCCCC(C)F.[Na+]. The summed E-state index contributed by atoms with van der Waals surface area (Å²) >= 11 is 0. The number of alkyl halides is 1. The quantitative estimate of drug-likeness (QED) is 0.356. The van der Waals surface area contributed by atoms with Crippen LogP contribution in [0.2, 0.25) is 0 Å². The second-order valence-corrected chi connectivity index (χ2v) is 4.21. The Labute approximate surface area is 130 Å². The Balaban J connectivity index is 0. The van der Waals surface area contributed by atoms with Gasteiger partial charge in [-0.3, -0.25) is 4.79 Å². The van der Waals surface area contributed by atoms with Crippen LogP contribution in [0.15, 0.2) is 0 Å². The van der Waals surface area contributed by atoms with Gasteiger partial charge in [-0.15, -0.1) is 0 Å². The van der Waals surface area contributed by atoms with E-state index in [1.165, 1.54) is 11.8 Å². The standard InChI is InChI=1S/C12H22FNO3.Na/c1-3-8-14(9-12(16)17)11(15)7-5-4-6-10(2)13;/h10H,3-9H2,1-2H3,(H,16,17);/q;+1/p-1. The molecule has 0 aromatic heterocycles. The molecule has 6 heteroatoms. The maximum absolute atomic E-state index is 12.5. The first kappa shape index (κ1) is 20.2. The average molecular weight is 269 g/mol. The molecule has 0 saturated carbocycles. The second kappa shape index (κ2) is 11.9. The van der Waals surface area contributed by atoms with Crippen molar-refractivity contribution in [2.75, 3.05) is 13.1 Å². The van der Waals surface area contributed by atoms with Crippen molar-refractivity contribution in [3.8, 4) is 0 Å². The van der Waals surface area contributed by atoms with E-state index in [9.17, 15) is 19.1 Å². The maximum atomic E-state index is 12.5. The van der Waals surface area contributed by atoms with Gasteiger partial charge in [0.2, 0.25) is 5.91 Å². The molecule has 1 amide bonds. The van der Waals surface area contributed by atoms with Crippen LogP contribution in [-0.4, -0.2) is 36.0 Å². The number of nitrogens with zero attached hydrogens (tertiary/aromatic N) is 1. The minimum atomic E-state index is -1.25. The van der Waals surface area contributed by atoms with E-state index in [1.54, 1.807) is 0 Å². The van der Waals surface area contributed by atoms with E-state index in [0.717, 1.165) is 0 Å². The zero-order valence-corrected chi connectivity index (χ0v) is 13.6. The van der Waals surface area contributed by atoms with Gasteiger partial charge in [0.25, 0.3) is 0 Å². The molecule has 0 aliphatic heterocycles. The van der Waals surface area contributed by atoms with E-state index < -0.39 is 12.1 Å². The van der Waals surface area contributed by atoms with Crippen molar-refractivity contribution < 1.29 is 48.6 Å². The molecule has 0 rings (SSSR count). The van der Waals surface area contributed by atoms with E-state index in [-0.39, 0.29) is 48.4 Å². The molecular weight excluding hydrogens is 248 g/mol. The van der Waals surface area contributed by atoms with Crippen LogP contribution in [0, 0.1) is 0 Å². The second-order valence-electron chi connectivity index (χ2n) is 4.21. The molecule has 0 aliphatic carbocycles. The zero-order valence-electron chi connectivity index (χ0n) is 11.6. The van der Waals surface area contributed by atoms with Gasteiger partial charge in [-0.1, -0.05) is 13.3 Å². The number of carboxylic acid groups (broad SMARTS) is 1. The Kier molecular flexibility index (Phi) is 13.4. The molecule has 0 heterocycles. The molecule has 1 atom stereocenters. The topological polar surface area (TPSA) is 60.4 Å². The number of unbranched alkanes of at least 4 members (excludes halogenated alkanes) is 1. The Morgan fingerprint density at radius 2 is 1.94 bits per heavy atom.